The molecule has 0 atom stereocenters. The van der Waals surface area contributed by atoms with E-state index in [1.165, 1.54) is 12.1 Å². The van der Waals surface area contributed by atoms with Crippen LogP contribution in [0.4, 0.5) is 0 Å². The zero-order valence-corrected chi connectivity index (χ0v) is 13.3. The fourth-order valence-corrected chi connectivity index (χ4v) is 1.40. The maximum absolute atomic E-state index is 11.7. The van der Waals surface area contributed by atoms with Gasteiger partial charge in [0.25, 0.3) is 5.91 Å². The topological polar surface area (TPSA) is 99.7 Å². The predicted octanol–water partition coefficient (Wildman–Crippen LogP) is 1.01. The van der Waals surface area contributed by atoms with Crippen LogP contribution < -0.4 is 16.4 Å². The molecule has 0 radical (unpaired) electrons. The van der Waals surface area contributed by atoms with E-state index in [2.05, 4.69) is 15.6 Å². The standard InChI is InChI=1S/C13H20N4O2.BrH/c1-9(2)17-13(14)16-8-7-15-12(19)10-3-5-11(18)6-4-10;/h3-6,9,18H,7-8H2,1-2H3,(H,15,19)(H3,14,16,17);1H. The molecule has 0 saturated carbocycles. The first-order chi connectivity index (χ1) is 8.99. The fraction of sp³-hybridized carbons (Fsp3) is 0.385. The number of halogens is 1. The molecule has 0 aromatic heterocycles. The summed E-state index contributed by atoms with van der Waals surface area (Å²) in [6.07, 6.45) is 0. The van der Waals surface area contributed by atoms with E-state index in [1.807, 2.05) is 13.8 Å². The van der Waals surface area contributed by atoms with Crippen LogP contribution in [-0.4, -0.2) is 36.1 Å². The number of rotatable bonds is 5. The molecule has 0 unspecified atom stereocenters. The molecule has 1 aromatic carbocycles. The third kappa shape index (κ3) is 6.98. The van der Waals surface area contributed by atoms with E-state index in [-0.39, 0.29) is 34.7 Å². The SMILES string of the molecule is Br.CC(C)NC(N)=NCCNC(=O)c1ccc(O)cc1. The lowest BCUT2D eigenvalue weighted by molar-refractivity contribution is 0.0955. The number of phenolic OH excluding ortho intramolecular Hbond substituents is 1. The van der Waals surface area contributed by atoms with Crippen molar-refractivity contribution in [2.24, 2.45) is 10.7 Å². The number of phenols is 1. The van der Waals surface area contributed by atoms with Gasteiger partial charge in [0.2, 0.25) is 0 Å². The Balaban J connectivity index is 0.00000361. The van der Waals surface area contributed by atoms with Crippen molar-refractivity contribution in [1.29, 1.82) is 0 Å². The Labute approximate surface area is 129 Å². The van der Waals surface area contributed by atoms with Gasteiger partial charge in [-0.1, -0.05) is 0 Å². The average Bonchev–Trinajstić information content (AvgIpc) is 2.34. The molecule has 0 fully saturated rings. The average molecular weight is 345 g/mol. The first-order valence-electron chi connectivity index (χ1n) is 6.12. The molecular weight excluding hydrogens is 324 g/mol. The van der Waals surface area contributed by atoms with Crippen molar-refractivity contribution in [3.63, 3.8) is 0 Å². The van der Waals surface area contributed by atoms with E-state index < -0.39 is 0 Å². The van der Waals surface area contributed by atoms with Crippen LogP contribution in [-0.2, 0) is 0 Å². The number of carbonyl (C=O) groups is 1. The Bertz CT molecular complexity index is 446. The van der Waals surface area contributed by atoms with Crippen LogP contribution in [0.3, 0.4) is 0 Å². The van der Waals surface area contributed by atoms with Gasteiger partial charge in [-0.15, -0.1) is 17.0 Å². The largest absolute Gasteiger partial charge is 0.508 e. The zero-order valence-electron chi connectivity index (χ0n) is 11.6. The summed E-state index contributed by atoms with van der Waals surface area (Å²) in [5.41, 5.74) is 6.11. The molecule has 0 heterocycles. The molecule has 7 heteroatoms. The van der Waals surface area contributed by atoms with Crippen molar-refractivity contribution in [2.75, 3.05) is 13.1 Å². The number of carbonyl (C=O) groups excluding carboxylic acids is 1. The van der Waals surface area contributed by atoms with Crippen LogP contribution in [0.25, 0.3) is 0 Å². The van der Waals surface area contributed by atoms with Crippen LogP contribution in [0.5, 0.6) is 5.75 Å². The van der Waals surface area contributed by atoms with E-state index in [4.69, 9.17) is 10.8 Å². The molecule has 0 saturated heterocycles. The number of aromatic hydroxyl groups is 1. The maximum atomic E-state index is 11.7. The van der Waals surface area contributed by atoms with E-state index >= 15 is 0 Å². The number of nitrogens with zero attached hydrogens (tertiary/aromatic N) is 1. The highest BCUT2D eigenvalue weighted by atomic mass is 79.9. The minimum Gasteiger partial charge on any atom is -0.508 e. The smallest absolute Gasteiger partial charge is 0.251 e. The summed E-state index contributed by atoms with van der Waals surface area (Å²) in [7, 11) is 0. The van der Waals surface area contributed by atoms with E-state index in [9.17, 15) is 4.79 Å². The van der Waals surface area contributed by atoms with Gasteiger partial charge in [-0.3, -0.25) is 9.79 Å². The number of nitrogens with two attached hydrogens (primary N) is 1. The summed E-state index contributed by atoms with van der Waals surface area (Å²) >= 11 is 0. The first-order valence-corrected chi connectivity index (χ1v) is 6.12. The summed E-state index contributed by atoms with van der Waals surface area (Å²) in [5, 5.41) is 14.8. The molecule has 0 spiro atoms. The van der Waals surface area contributed by atoms with Gasteiger partial charge in [0.1, 0.15) is 5.75 Å². The number of guanidine groups is 1. The Morgan fingerprint density at radius 1 is 1.35 bits per heavy atom. The Morgan fingerprint density at radius 2 is 1.95 bits per heavy atom. The molecule has 0 aliphatic rings. The first kappa shape index (κ1) is 18.2. The lowest BCUT2D eigenvalue weighted by Gasteiger charge is -2.08. The molecule has 20 heavy (non-hydrogen) atoms. The summed E-state index contributed by atoms with van der Waals surface area (Å²) in [6.45, 7) is 4.75. The van der Waals surface area contributed by atoms with Gasteiger partial charge in [0.15, 0.2) is 5.96 Å². The lowest BCUT2D eigenvalue weighted by Crippen LogP contribution is -2.37. The highest BCUT2D eigenvalue weighted by Gasteiger charge is 2.03. The number of nitrogens with one attached hydrogen (secondary N) is 2. The van der Waals surface area contributed by atoms with Gasteiger partial charge in [0, 0.05) is 18.2 Å². The van der Waals surface area contributed by atoms with Crippen molar-refractivity contribution in [3.05, 3.63) is 29.8 Å². The normalized spacial score (nSPS) is 10.8. The van der Waals surface area contributed by atoms with Crippen LogP contribution >= 0.6 is 17.0 Å². The molecule has 1 rings (SSSR count). The quantitative estimate of drug-likeness (QED) is 0.364. The van der Waals surface area contributed by atoms with E-state index in [0.717, 1.165) is 0 Å². The Kier molecular flexibility index (Phi) is 8.38. The van der Waals surface area contributed by atoms with Crippen molar-refractivity contribution in [1.82, 2.24) is 10.6 Å². The minimum absolute atomic E-state index is 0. The van der Waals surface area contributed by atoms with Gasteiger partial charge in [-0.25, -0.2) is 0 Å². The van der Waals surface area contributed by atoms with Crippen molar-refractivity contribution in [2.45, 2.75) is 19.9 Å². The lowest BCUT2D eigenvalue weighted by atomic mass is 10.2. The van der Waals surface area contributed by atoms with Gasteiger partial charge in [-0.05, 0) is 38.1 Å². The third-order valence-corrected chi connectivity index (χ3v) is 2.25. The van der Waals surface area contributed by atoms with Gasteiger partial charge in [0.05, 0.1) is 6.54 Å². The van der Waals surface area contributed by atoms with Gasteiger partial charge in [-0.2, -0.15) is 0 Å². The zero-order chi connectivity index (χ0) is 14.3. The fourth-order valence-electron chi connectivity index (χ4n) is 1.40. The number of hydrogen-bond acceptors (Lipinski definition) is 3. The monoisotopic (exact) mass is 344 g/mol. The van der Waals surface area contributed by atoms with Gasteiger partial charge >= 0.3 is 0 Å². The van der Waals surface area contributed by atoms with Gasteiger partial charge < -0.3 is 21.5 Å². The van der Waals surface area contributed by atoms with Crippen LogP contribution in [0.2, 0.25) is 0 Å². The molecule has 0 aliphatic heterocycles. The predicted molar refractivity (Wildman–Crippen MR) is 85.5 cm³/mol. The molecule has 5 N–H and O–H groups in total. The van der Waals surface area contributed by atoms with Crippen LogP contribution in [0.15, 0.2) is 29.3 Å². The second kappa shape index (κ2) is 9.19. The number of aliphatic imine (C=N–C) groups is 1. The number of hydrogen-bond donors (Lipinski definition) is 4. The van der Waals surface area contributed by atoms with E-state index in [1.54, 1.807) is 12.1 Å². The number of amides is 1. The van der Waals surface area contributed by atoms with Crippen molar-refractivity contribution in [3.8, 4) is 5.75 Å². The summed E-state index contributed by atoms with van der Waals surface area (Å²) < 4.78 is 0. The number of benzene rings is 1. The second-order valence-corrected chi connectivity index (χ2v) is 4.37. The molecule has 0 bridgehead atoms. The van der Waals surface area contributed by atoms with Crippen molar-refractivity contribution >= 4 is 28.8 Å². The Hall–Kier alpha value is -1.76. The highest BCUT2D eigenvalue weighted by Crippen LogP contribution is 2.09. The summed E-state index contributed by atoms with van der Waals surface area (Å²) in [6, 6.07) is 6.29. The second-order valence-electron chi connectivity index (χ2n) is 4.37. The maximum Gasteiger partial charge on any atom is 0.251 e. The highest BCUT2D eigenvalue weighted by molar-refractivity contribution is 8.93. The third-order valence-electron chi connectivity index (χ3n) is 2.25. The molecule has 112 valence electrons. The van der Waals surface area contributed by atoms with Crippen molar-refractivity contribution < 1.29 is 9.90 Å². The molecule has 1 amide bonds. The minimum atomic E-state index is -0.203. The van der Waals surface area contributed by atoms with E-state index in [0.29, 0.717) is 24.6 Å². The molecule has 0 aliphatic carbocycles. The molecular formula is C13H21BrN4O2. The summed E-state index contributed by atoms with van der Waals surface area (Å²) in [4.78, 5) is 15.8. The van der Waals surface area contributed by atoms with Crippen LogP contribution in [0.1, 0.15) is 24.2 Å². The summed E-state index contributed by atoms with van der Waals surface area (Å²) in [5.74, 6) is 0.299. The van der Waals surface area contributed by atoms with Crippen LogP contribution in [0, 0.1) is 0 Å². The molecule has 1 aromatic rings. The molecule has 6 nitrogen and oxygen atoms in total. The Morgan fingerprint density at radius 3 is 2.50 bits per heavy atom.